The molecule has 0 amide bonds. The maximum atomic E-state index is 4.85. The lowest BCUT2D eigenvalue weighted by molar-refractivity contribution is 0.183. The summed E-state index contributed by atoms with van der Waals surface area (Å²) in [6.45, 7) is 9.29. The van der Waals surface area contributed by atoms with E-state index in [1.165, 1.54) is 6.42 Å². The van der Waals surface area contributed by atoms with E-state index < -0.39 is 0 Å². The summed E-state index contributed by atoms with van der Waals surface area (Å²) in [5, 5.41) is 0. The van der Waals surface area contributed by atoms with Crippen LogP contribution in [0.1, 0.15) is 34.1 Å². The highest BCUT2D eigenvalue weighted by molar-refractivity contribution is 4.40. The average Bonchev–Trinajstić information content (AvgIpc) is 1.88. The zero-order valence-corrected chi connectivity index (χ0v) is 7.40. The van der Waals surface area contributed by atoms with Gasteiger partial charge in [0.15, 0.2) is 0 Å². The number of hydrogen-bond donors (Lipinski definition) is 0. The van der Waals surface area contributed by atoms with Crippen molar-refractivity contribution in [2.24, 2.45) is 5.92 Å². The topological polar surface area (TPSA) is 9.23 Å². The predicted molar refractivity (Wildman–Crippen MR) is 42.7 cm³/mol. The fraction of sp³-hybridized carbons (Fsp3) is 1.00. The normalized spacial score (nSPS) is 8.67. The van der Waals surface area contributed by atoms with Crippen molar-refractivity contribution in [2.75, 3.05) is 13.7 Å². The van der Waals surface area contributed by atoms with Gasteiger partial charge in [-0.3, -0.25) is 0 Å². The third-order valence-corrected chi connectivity index (χ3v) is 0.899. The molecule has 0 atom stereocenters. The largest absolute Gasteiger partial charge is 0.385 e. The van der Waals surface area contributed by atoms with Crippen molar-refractivity contribution in [3.8, 4) is 0 Å². The molecule has 0 aliphatic heterocycles. The number of methoxy groups -OCH3 is 1. The molecule has 0 aliphatic carbocycles. The molecule has 0 fully saturated rings. The minimum absolute atomic E-state index is 0.778. The van der Waals surface area contributed by atoms with Crippen molar-refractivity contribution >= 4 is 0 Å². The van der Waals surface area contributed by atoms with Crippen molar-refractivity contribution < 1.29 is 4.74 Å². The van der Waals surface area contributed by atoms with Gasteiger partial charge in [-0.1, -0.05) is 27.7 Å². The van der Waals surface area contributed by atoms with Crippen LogP contribution in [0.5, 0.6) is 0 Å². The molecular formula is C8H20O. The van der Waals surface area contributed by atoms with Crippen LogP contribution in [0.25, 0.3) is 0 Å². The highest BCUT2D eigenvalue weighted by atomic mass is 16.5. The summed E-state index contributed by atoms with van der Waals surface area (Å²) in [7, 11) is 1.74. The molecule has 0 spiro atoms. The third kappa shape index (κ3) is 18.0. The van der Waals surface area contributed by atoms with E-state index in [9.17, 15) is 0 Å². The first kappa shape index (κ1) is 11.7. The van der Waals surface area contributed by atoms with Crippen LogP contribution in [0, 0.1) is 5.92 Å². The lowest BCUT2D eigenvalue weighted by Gasteiger charge is -1.99. The van der Waals surface area contributed by atoms with Crippen molar-refractivity contribution in [1.29, 1.82) is 0 Å². The average molecular weight is 132 g/mol. The summed E-state index contributed by atoms with van der Waals surface area (Å²) >= 11 is 0. The first-order valence-corrected chi connectivity index (χ1v) is 3.76. The Morgan fingerprint density at radius 3 is 1.78 bits per heavy atom. The molecule has 0 N–H and O–H groups in total. The zero-order valence-electron chi connectivity index (χ0n) is 7.40. The van der Waals surface area contributed by atoms with Crippen molar-refractivity contribution in [3.05, 3.63) is 0 Å². The predicted octanol–water partition coefficient (Wildman–Crippen LogP) is 2.71. The van der Waals surface area contributed by atoms with Crippen molar-refractivity contribution in [3.63, 3.8) is 0 Å². The molecule has 0 unspecified atom stereocenters. The third-order valence-electron chi connectivity index (χ3n) is 0.899. The van der Waals surface area contributed by atoms with Crippen LogP contribution in [-0.4, -0.2) is 13.7 Å². The van der Waals surface area contributed by atoms with Gasteiger partial charge in [0.25, 0.3) is 0 Å². The fourth-order valence-corrected chi connectivity index (χ4v) is 0.354. The van der Waals surface area contributed by atoms with E-state index in [2.05, 4.69) is 13.8 Å². The summed E-state index contributed by atoms with van der Waals surface area (Å²) < 4.78 is 4.85. The van der Waals surface area contributed by atoms with E-state index in [1.54, 1.807) is 7.11 Å². The Balaban J connectivity index is 0. The molecule has 9 heavy (non-hydrogen) atoms. The van der Waals surface area contributed by atoms with Crippen LogP contribution >= 0.6 is 0 Å². The second-order valence-electron chi connectivity index (χ2n) is 2.18. The van der Waals surface area contributed by atoms with Crippen LogP contribution in [0.2, 0.25) is 0 Å². The van der Waals surface area contributed by atoms with Crippen molar-refractivity contribution in [2.45, 2.75) is 34.1 Å². The number of hydrogen-bond acceptors (Lipinski definition) is 1. The van der Waals surface area contributed by atoms with Crippen LogP contribution in [0.4, 0.5) is 0 Å². The van der Waals surface area contributed by atoms with E-state index in [0.717, 1.165) is 12.5 Å². The molecule has 58 valence electrons. The second kappa shape index (κ2) is 10.9. The summed E-state index contributed by atoms with van der Waals surface area (Å²) in [5.74, 6) is 0.778. The lowest BCUT2D eigenvalue weighted by atomic mass is 10.1. The van der Waals surface area contributed by atoms with E-state index in [1.807, 2.05) is 13.8 Å². The van der Waals surface area contributed by atoms with Crippen molar-refractivity contribution in [1.82, 2.24) is 0 Å². The first-order valence-electron chi connectivity index (χ1n) is 3.76. The van der Waals surface area contributed by atoms with Gasteiger partial charge in [0.05, 0.1) is 0 Å². The Morgan fingerprint density at radius 2 is 1.67 bits per heavy atom. The maximum absolute atomic E-state index is 4.85. The molecule has 1 heteroatoms. The molecule has 0 aliphatic rings. The highest BCUT2D eigenvalue weighted by Crippen LogP contribution is 1.96. The molecule has 0 aromatic heterocycles. The monoisotopic (exact) mass is 132 g/mol. The Hall–Kier alpha value is -0.0400. The minimum atomic E-state index is 0.778. The molecule has 0 bridgehead atoms. The zero-order chi connectivity index (χ0) is 7.70. The van der Waals surface area contributed by atoms with Crippen LogP contribution in [-0.2, 0) is 4.74 Å². The number of rotatable bonds is 3. The second-order valence-corrected chi connectivity index (χ2v) is 2.18. The molecule has 0 radical (unpaired) electrons. The summed E-state index contributed by atoms with van der Waals surface area (Å²) in [4.78, 5) is 0. The van der Waals surface area contributed by atoms with E-state index in [0.29, 0.717) is 0 Å². The molecule has 0 aromatic rings. The van der Waals surface area contributed by atoms with Gasteiger partial charge in [0.1, 0.15) is 0 Å². The maximum Gasteiger partial charge on any atom is 0.0464 e. The Bertz CT molecular complexity index is 33.5. The van der Waals surface area contributed by atoms with Gasteiger partial charge in [-0.05, 0) is 12.3 Å². The Labute approximate surface area is 59.4 Å². The Kier molecular flexibility index (Phi) is 14.1. The summed E-state index contributed by atoms with van der Waals surface area (Å²) in [6.07, 6.45) is 1.18. The Morgan fingerprint density at radius 1 is 1.22 bits per heavy atom. The summed E-state index contributed by atoms with van der Waals surface area (Å²) in [6, 6.07) is 0. The smallest absolute Gasteiger partial charge is 0.0464 e. The standard InChI is InChI=1S/C6H14O.C2H6/c1-6(2)4-5-7-3;1-2/h6H,4-5H2,1-3H3;1-2H3. The van der Waals surface area contributed by atoms with E-state index in [-0.39, 0.29) is 0 Å². The van der Waals surface area contributed by atoms with Crippen LogP contribution in [0.15, 0.2) is 0 Å². The molecule has 1 nitrogen and oxygen atoms in total. The molecule has 0 heterocycles. The van der Waals surface area contributed by atoms with Gasteiger partial charge in [0.2, 0.25) is 0 Å². The van der Waals surface area contributed by atoms with Gasteiger partial charge in [-0.2, -0.15) is 0 Å². The minimum Gasteiger partial charge on any atom is -0.385 e. The van der Waals surface area contributed by atoms with E-state index >= 15 is 0 Å². The van der Waals surface area contributed by atoms with Gasteiger partial charge in [-0.15, -0.1) is 0 Å². The highest BCUT2D eigenvalue weighted by Gasteiger charge is 1.89. The van der Waals surface area contributed by atoms with Gasteiger partial charge in [0, 0.05) is 13.7 Å². The van der Waals surface area contributed by atoms with Gasteiger partial charge >= 0.3 is 0 Å². The molecule has 0 saturated heterocycles. The molecule has 0 rings (SSSR count). The molecular weight excluding hydrogens is 112 g/mol. The first-order chi connectivity index (χ1) is 4.27. The van der Waals surface area contributed by atoms with Crippen LogP contribution < -0.4 is 0 Å². The lowest BCUT2D eigenvalue weighted by Crippen LogP contribution is -1.93. The van der Waals surface area contributed by atoms with Gasteiger partial charge < -0.3 is 4.74 Å². The van der Waals surface area contributed by atoms with E-state index in [4.69, 9.17) is 4.74 Å². The quantitative estimate of drug-likeness (QED) is 0.573. The summed E-state index contributed by atoms with van der Waals surface area (Å²) in [5.41, 5.74) is 0. The molecule has 0 saturated carbocycles. The van der Waals surface area contributed by atoms with Gasteiger partial charge in [-0.25, -0.2) is 0 Å². The fourth-order valence-electron chi connectivity index (χ4n) is 0.354. The van der Waals surface area contributed by atoms with Crippen LogP contribution in [0.3, 0.4) is 0 Å². The number of ether oxygens (including phenoxy) is 1. The molecule has 0 aromatic carbocycles. The SMILES string of the molecule is CC.COCCC(C)C.